The average Bonchev–Trinajstić information content (AvgIpc) is 2.96. The van der Waals surface area contributed by atoms with Crippen molar-refractivity contribution in [1.82, 2.24) is 0 Å². The summed E-state index contributed by atoms with van der Waals surface area (Å²) in [6.07, 6.45) is -3.84. The van der Waals surface area contributed by atoms with Crippen molar-refractivity contribution in [2.75, 3.05) is 6.54 Å². The van der Waals surface area contributed by atoms with E-state index in [-0.39, 0.29) is 11.8 Å². The molecule has 1 aliphatic rings. The minimum atomic E-state index is -4.63. The van der Waals surface area contributed by atoms with Crippen LogP contribution in [-0.2, 0) is 6.18 Å². The molecule has 16 heavy (non-hydrogen) atoms. The SMILES string of the molecule is NCC1CC1c1ccc(F)c(C(F)(F)F)c1. The molecule has 0 heterocycles. The van der Waals surface area contributed by atoms with Crippen molar-refractivity contribution >= 4 is 0 Å². The van der Waals surface area contributed by atoms with Crippen LogP contribution in [0.3, 0.4) is 0 Å². The molecule has 1 fully saturated rings. The van der Waals surface area contributed by atoms with Gasteiger partial charge in [0.2, 0.25) is 0 Å². The van der Waals surface area contributed by atoms with Crippen LogP contribution in [0.4, 0.5) is 17.6 Å². The predicted octanol–water partition coefficient (Wildman–Crippen LogP) is 2.91. The van der Waals surface area contributed by atoms with Crippen LogP contribution in [-0.4, -0.2) is 6.54 Å². The zero-order valence-electron chi connectivity index (χ0n) is 8.39. The van der Waals surface area contributed by atoms with Gasteiger partial charge in [0.1, 0.15) is 5.82 Å². The van der Waals surface area contributed by atoms with E-state index in [4.69, 9.17) is 5.73 Å². The number of nitrogens with two attached hydrogens (primary N) is 1. The maximum absolute atomic E-state index is 13.0. The molecule has 1 aliphatic carbocycles. The number of alkyl halides is 3. The summed E-state index contributed by atoms with van der Waals surface area (Å²) < 4.78 is 50.3. The summed E-state index contributed by atoms with van der Waals surface area (Å²) in [6, 6.07) is 3.19. The Morgan fingerprint density at radius 1 is 1.31 bits per heavy atom. The lowest BCUT2D eigenvalue weighted by atomic mass is 10.0. The number of rotatable bonds is 2. The van der Waals surface area contributed by atoms with Crippen molar-refractivity contribution in [3.8, 4) is 0 Å². The van der Waals surface area contributed by atoms with Crippen molar-refractivity contribution in [3.05, 3.63) is 35.1 Å². The van der Waals surface area contributed by atoms with E-state index in [9.17, 15) is 17.6 Å². The molecule has 2 rings (SSSR count). The highest BCUT2D eigenvalue weighted by Crippen LogP contribution is 2.47. The summed E-state index contributed by atoms with van der Waals surface area (Å²) in [7, 11) is 0. The maximum Gasteiger partial charge on any atom is 0.419 e. The van der Waals surface area contributed by atoms with Gasteiger partial charge in [0, 0.05) is 0 Å². The molecule has 2 N–H and O–H groups in total. The molecule has 0 saturated heterocycles. The van der Waals surface area contributed by atoms with Gasteiger partial charge in [-0.15, -0.1) is 0 Å². The van der Waals surface area contributed by atoms with Gasteiger partial charge in [-0.3, -0.25) is 0 Å². The number of halogens is 4. The van der Waals surface area contributed by atoms with Crippen LogP contribution in [0.15, 0.2) is 18.2 Å². The highest BCUT2D eigenvalue weighted by atomic mass is 19.4. The Balaban J connectivity index is 2.30. The summed E-state index contributed by atoms with van der Waals surface area (Å²) in [6.45, 7) is 0.462. The van der Waals surface area contributed by atoms with E-state index < -0.39 is 17.6 Å². The smallest absolute Gasteiger partial charge is 0.330 e. The third-order valence-corrected chi connectivity index (χ3v) is 2.95. The van der Waals surface area contributed by atoms with Crippen molar-refractivity contribution < 1.29 is 17.6 Å². The van der Waals surface area contributed by atoms with E-state index in [1.54, 1.807) is 0 Å². The molecule has 1 nitrogen and oxygen atoms in total. The number of benzene rings is 1. The Morgan fingerprint density at radius 3 is 2.50 bits per heavy atom. The first-order valence-corrected chi connectivity index (χ1v) is 5.00. The van der Waals surface area contributed by atoms with E-state index >= 15 is 0 Å². The zero-order valence-corrected chi connectivity index (χ0v) is 8.39. The van der Waals surface area contributed by atoms with Crippen molar-refractivity contribution in [1.29, 1.82) is 0 Å². The Bertz CT molecular complexity index is 399. The van der Waals surface area contributed by atoms with Crippen LogP contribution in [0.25, 0.3) is 0 Å². The average molecular weight is 233 g/mol. The largest absolute Gasteiger partial charge is 0.419 e. The molecular formula is C11H11F4N. The first kappa shape index (κ1) is 11.4. The monoisotopic (exact) mass is 233 g/mol. The standard InChI is InChI=1S/C11H11F4N/c12-10-2-1-6(8-3-7(8)5-16)4-9(10)11(13,14)15/h1-2,4,7-8H,3,5,16H2. The molecule has 0 aliphatic heterocycles. The van der Waals surface area contributed by atoms with Crippen LogP contribution >= 0.6 is 0 Å². The summed E-state index contributed by atoms with van der Waals surface area (Å²) in [4.78, 5) is 0. The fraction of sp³-hybridized carbons (Fsp3) is 0.455. The third-order valence-electron chi connectivity index (χ3n) is 2.95. The number of hydrogen-bond donors (Lipinski definition) is 1. The Morgan fingerprint density at radius 2 is 2.00 bits per heavy atom. The van der Waals surface area contributed by atoms with E-state index in [0.717, 1.165) is 18.6 Å². The summed E-state index contributed by atoms with van der Waals surface area (Å²) >= 11 is 0. The Labute approximate surface area is 90.3 Å². The molecule has 1 saturated carbocycles. The normalized spacial score (nSPS) is 24.6. The van der Waals surface area contributed by atoms with Gasteiger partial charge >= 0.3 is 6.18 Å². The quantitative estimate of drug-likeness (QED) is 0.781. The lowest BCUT2D eigenvalue weighted by molar-refractivity contribution is -0.140. The van der Waals surface area contributed by atoms with Gasteiger partial charge in [-0.2, -0.15) is 13.2 Å². The lowest BCUT2D eigenvalue weighted by Crippen LogP contribution is -2.09. The fourth-order valence-electron chi connectivity index (χ4n) is 1.91. The van der Waals surface area contributed by atoms with Crippen LogP contribution in [0.1, 0.15) is 23.5 Å². The van der Waals surface area contributed by atoms with Crippen molar-refractivity contribution in [2.24, 2.45) is 11.7 Å². The molecule has 0 aromatic heterocycles. The molecular weight excluding hydrogens is 222 g/mol. The molecule has 0 spiro atoms. The van der Waals surface area contributed by atoms with Gasteiger partial charge in [0.25, 0.3) is 0 Å². The lowest BCUT2D eigenvalue weighted by Gasteiger charge is -2.09. The van der Waals surface area contributed by atoms with E-state index in [2.05, 4.69) is 0 Å². The summed E-state index contributed by atoms with van der Waals surface area (Å²) in [5, 5.41) is 0. The topological polar surface area (TPSA) is 26.0 Å². The molecule has 1 aromatic rings. The van der Waals surface area contributed by atoms with Crippen LogP contribution in [0.2, 0.25) is 0 Å². The van der Waals surface area contributed by atoms with Gasteiger partial charge in [-0.05, 0) is 42.5 Å². The van der Waals surface area contributed by atoms with E-state index in [1.807, 2.05) is 0 Å². The zero-order chi connectivity index (χ0) is 11.9. The highest BCUT2D eigenvalue weighted by Gasteiger charge is 2.40. The fourth-order valence-corrected chi connectivity index (χ4v) is 1.91. The maximum atomic E-state index is 13.0. The minimum absolute atomic E-state index is 0.0618. The van der Waals surface area contributed by atoms with Gasteiger partial charge < -0.3 is 5.73 Å². The molecule has 88 valence electrons. The van der Waals surface area contributed by atoms with Gasteiger partial charge in [-0.25, -0.2) is 4.39 Å². The molecule has 0 radical (unpaired) electrons. The first-order chi connectivity index (χ1) is 7.43. The van der Waals surface area contributed by atoms with Crippen LogP contribution < -0.4 is 5.73 Å². The van der Waals surface area contributed by atoms with Crippen molar-refractivity contribution in [3.63, 3.8) is 0 Å². The second-order valence-electron chi connectivity index (χ2n) is 4.08. The summed E-state index contributed by atoms with van der Waals surface area (Å²) in [5.74, 6) is -0.917. The van der Waals surface area contributed by atoms with Gasteiger partial charge in [0.15, 0.2) is 0 Å². The second-order valence-corrected chi connectivity index (χ2v) is 4.08. The summed E-state index contributed by atoms with van der Waals surface area (Å²) in [5.41, 5.74) is 4.76. The molecule has 0 amide bonds. The van der Waals surface area contributed by atoms with E-state index in [1.165, 1.54) is 6.07 Å². The highest BCUT2D eigenvalue weighted by molar-refractivity contribution is 5.33. The Hall–Kier alpha value is -1.10. The second kappa shape index (κ2) is 3.73. The molecule has 2 unspecified atom stereocenters. The number of hydrogen-bond acceptors (Lipinski definition) is 1. The first-order valence-electron chi connectivity index (χ1n) is 5.00. The predicted molar refractivity (Wildman–Crippen MR) is 51.3 cm³/mol. The van der Waals surface area contributed by atoms with Gasteiger partial charge in [0.05, 0.1) is 5.56 Å². The molecule has 0 bridgehead atoms. The van der Waals surface area contributed by atoms with Crippen LogP contribution in [0, 0.1) is 11.7 Å². The molecule has 1 aromatic carbocycles. The Kier molecular flexibility index (Phi) is 2.66. The minimum Gasteiger partial charge on any atom is -0.330 e. The third kappa shape index (κ3) is 2.04. The molecule has 5 heteroatoms. The van der Waals surface area contributed by atoms with Gasteiger partial charge in [-0.1, -0.05) is 6.07 Å². The molecule has 2 atom stereocenters. The van der Waals surface area contributed by atoms with Crippen LogP contribution in [0.5, 0.6) is 0 Å². The van der Waals surface area contributed by atoms with E-state index in [0.29, 0.717) is 12.1 Å². The van der Waals surface area contributed by atoms with Crippen molar-refractivity contribution in [2.45, 2.75) is 18.5 Å².